The number of hydrogen-bond acceptors (Lipinski definition) is 4. The number of benzene rings is 1. The van der Waals surface area contributed by atoms with Gasteiger partial charge in [0.15, 0.2) is 5.78 Å². The van der Waals surface area contributed by atoms with Crippen LogP contribution >= 0.6 is 15.9 Å². The maximum atomic E-state index is 11.7. The average Bonchev–Trinajstić information content (AvgIpc) is 2.29. The van der Waals surface area contributed by atoms with E-state index in [1.807, 2.05) is 0 Å². The first kappa shape index (κ1) is 13.6. The molecule has 0 atom stereocenters. The molecule has 0 fully saturated rings. The Labute approximate surface area is 107 Å². The third-order valence-corrected chi connectivity index (χ3v) is 2.49. The monoisotopic (exact) mass is 301 g/mol. The topological polar surface area (TPSA) is 69.4 Å². The molecular formula is C11H12BrNO4. The van der Waals surface area contributed by atoms with Gasteiger partial charge in [0.05, 0.1) is 23.2 Å². The maximum absolute atomic E-state index is 11.7. The van der Waals surface area contributed by atoms with E-state index in [1.54, 1.807) is 6.92 Å². The van der Waals surface area contributed by atoms with E-state index in [0.717, 1.165) is 0 Å². The molecule has 1 aromatic carbocycles. The van der Waals surface area contributed by atoms with Crippen LogP contribution in [0.25, 0.3) is 0 Å². The number of nitro groups is 1. The zero-order valence-electron chi connectivity index (χ0n) is 9.31. The SMILES string of the molecule is CCOc1cc([N+](=O)[O-])ccc1C(=O)CCBr. The van der Waals surface area contributed by atoms with E-state index in [0.29, 0.717) is 23.9 Å². The van der Waals surface area contributed by atoms with Gasteiger partial charge in [-0.25, -0.2) is 0 Å². The van der Waals surface area contributed by atoms with Gasteiger partial charge in [-0.05, 0) is 13.0 Å². The quantitative estimate of drug-likeness (QED) is 0.350. The van der Waals surface area contributed by atoms with Crippen LogP contribution in [0.1, 0.15) is 23.7 Å². The summed E-state index contributed by atoms with van der Waals surface area (Å²) in [5.74, 6) is 0.174. The molecule has 0 saturated carbocycles. The van der Waals surface area contributed by atoms with Gasteiger partial charge in [0.1, 0.15) is 5.75 Å². The zero-order chi connectivity index (χ0) is 12.8. The number of non-ortho nitro benzene ring substituents is 1. The fourth-order valence-electron chi connectivity index (χ4n) is 1.35. The highest BCUT2D eigenvalue weighted by Crippen LogP contribution is 2.26. The Morgan fingerprint density at radius 2 is 2.24 bits per heavy atom. The second-order valence-corrected chi connectivity index (χ2v) is 4.03. The lowest BCUT2D eigenvalue weighted by Crippen LogP contribution is -2.05. The molecule has 17 heavy (non-hydrogen) atoms. The van der Waals surface area contributed by atoms with Crippen molar-refractivity contribution in [1.82, 2.24) is 0 Å². The summed E-state index contributed by atoms with van der Waals surface area (Å²) in [6.07, 6.45) is 0.331. The number of hydrogen-bond donors (Lipinski definition) is 0. The Morgan fingerprint density at radius 1 is 1.53 bits per heavy atom. The highest BCUT2D eigenvalue weighted by molar-refractivity contribution is 9.09. The van der Waals surface area contributed by atoms with Crippen molar-refractivity contribution in [3.8, 4) is 5.75 Å². The van der Waals surface area contributed by atoms with Gasteiger partial charge in [0.2, 0.25) is 0 Å². The molecule has 6 heteroatoms. The molecule has 0 radical (unpaired) electrons. The third-order valence-electron chi connectivity index (χ3n) is 2.10. The molecule has 1 aromatic rings. The Kier molecular flexibility index (Phi) is 5.09. The summed E-state index contributed by atoms with van der Waals surface area (Å²) in [6, 6.07) is 4.03. The van der Waals surface area contributed by atoms with Gasteiger partial charge in [-0.1, -0.05) is 15.9 Å². The Balaban J connectivity index is 3.12. The van der Waals surface area contributed by atoms with Gasteiger partial charge < -0.3 is 4.74 Å². The van der Waals surface area contributed by atoms with E-state index >= 15 is 0 Å². The smallest absolute Gasteiger partial charge is 0.273 e. The Bertz CT molecular complexity index is 433. The number of ether oxygens (including phenoxy) is 1. The summed E-state index contributed by atoms with van der Waals surface area (Å²) in [5.41, 5.74) is 0.306. The zero-order valence-corrected chi connectivity index (χ0v) is 10.9. The minimum atomic E-state index is -0.513. The molecule has 0 aliphatic carbocycles. The van der Waals surface area contributed by atoms with E-state index in [4.69, 9.17) is 4.74 Å². The second-order valence-electron chi connectivity index (χ2n) is 3.23. The van der Waals surface area contributed by atoms with Gasteiger partial charge in [0, 0.05) is 17.8 Å². The molecule has 1 rings (SSSR count). The van der Waals surface area contributed by atoms with Gasteiger partial charge in [0.25, 0.3) is 5.69 Å². The lowest BCUT2D eigenvalue weighted by atomic mass is 10.1. The number of Topliss-reactive ketones (excluding diaryl/α,β-unsaturated/α-hetero) is 1. The number of ketones is 1. The first-order chi connectivity index (χ1) is 8.10. The number of nitrogens with zero attached hydrogens (tertiary/aromatic N) is 1. The van der Waals surface area contributed by atoms with Crippen LogP contribution in [-0.2, 0) is 0 Å². The molecule has 0 heterocycles. The van der Waals surface area contributed by atoms with Gasteiger partial charge >= 0.3 is 0 Å². The molecule has 0 unspecified atom stereocenters. The molecular weight excluding hydrogens is 290 g/mol. The summed E-state index contributed by atoms with van der Waals surface area (Å²) in [5, 5.41) is 11.2. The fraction of sp³-hybridized carbons (Fsp3) is 0.364. The van der Waals surface area contributed by atoms with E-state index in [9.17, 15) is 14.9 Å². The average molecular weight is 302 g/mol. The molecule has 92 valence electrons. The van der Waals surface area contributed by atoms with E-state index in [-0.39, 0.29) is 17.2 Å². The summed E-state index contributed by atoms with van der Waals surface area (Å²) < 4.78 is 5.25. The van der Waals surface area contributed by atoms with E-state index in [2.05, 4.69) is 15.9 Å². The van der Waals surface area contributed by atoms with Crippen molar-refractivity contribution in [3.05, 3.63) is 33.9 Å². The van der Waals surface area contributed by atoms with Crippen LogP contribution in [0.5, 0.6) is 5.75 Å². The predicted octanol–water partition coefficient (Wildman–Crippen LogP) is 2.96. The number of alkyl halides is 1. The van der Waals surface area contributed by atoms with Crippen LogP contribution in [-0.4, -0.2) is 22.6 Å². The fourth-order valence-corrected chi connectivity index (χ4v) is 1.71. The van der Waals surface area contributed by atoms with Gasteiger partial charge in [-0.15, -0.1) is 0 Å². The Hall–Kier alpha value is -1.43. The van der Waals surface area contributed by atoms with Crippen molar-refractivity contribution in [2.45, 2.75) is 13.3 Å². The standard InChI is InChI=1S/C11H12BrNO4/c1-2-17-11-7-8(13(15)16)3-4-9(11)10(14)5-6-12/h3-4,7H,2,5-6H2,1H3. The van der Waals surface area contributed by atoms with Crippen LogP contribution in [0.2, 0.25) is 0 Å². The van der Waals surface area contributed by atoms with Crippen molar-refractivity contribution in [2.24, 2.45) is 0 Å². The highest BCUT2D eigenvalue weighted by atomic mass is 79.9. The summed E-state index contributed by atoms with van der Waals surface area (Å²) in [7, 11) is 0. The summed E-state index contributed by atoms with van der Waals surface area (Å²) in [4.78, 5) is 21.9. The minimum absolute atomic E-state index is 0.0798. The van der Waals surface area contributed by atoms with Crippen LogP contribution in [0.15, 0.2) is 18.2 Å². The lowest BCUT2D eigenvalue weighted by molar-refractivity contribution is -0.384. The highest BCUT2D eigenvalue weighted by Gasteiger charge is 2.16. The first-order valence-electron chi connectivity index (χ1n) is 5.10. The summed E-state index contributed by atoms with van der Waals surface area (Å²) >= 11 is 3.18. The molecule has 0 aliphatic heterocycles. The molecule has 0 saturated heterocycles. The predicted molar refractivity (Wildman–Crippen MR) is 67.0 cm³/mol. The molecule has 0 spiro atoms. The number of carbonyl (C=O) groups excluding carboxylic acids is 1. The largest absolute Gasteiger partial charge is 0.493 e. The van der Waals surface area contributed by atoms with E-state index in [1.165, 1.54) is 18.2 Å². The minimum Gasteiger partial charge on any atom is -0.493 e. The van der Waals surface area contributed by atoms with Gasteiger partial charge in [-0.2, -0.15) is 0 Å². The Morgan fingerprint density at radius 3 is 2.76 bits per heavy atom. The maximum Gasteiger partial charge on any atom is 0.273 e. The van der Waals surface area contributed by atoms with Gasteiger partial charge in [-0.3, -0.25) is 14.9 Å². The molecule has 0 aliphatic rings. The van der Waals surface area contributed by atoms with Crippen LogP contribution in [0.3, 0.4) is 0 Å². The number of nitro benzene ring substituents is 1. The van der Waals surface area contributed by atoms with Crippen molar-refractivity contribution >= 4 is 27.4 Å². The molecule has 5 nitrogen and oxygen atoms in total. The second kappa shape index (κ2) is 6.34. The van der Waals surface area contributed by atoms with Crippen LogP contribution in [0.4, 0.5) is 5.69 Å². The first-order valence-corrected chi connectivity index (χ1v) is 6.22. The number of carbonyl (C=O) groups is 1. The van der Waals surface area contributed by atoms with Crippen molar-refractivity contribution in [1.29, 1.82) is 0 Å². The number of halogens is 1. The normalized spacial score (nSPS) is 10.0. The van der Waals surface area contributed by atoms with Crippen molar-refractivity contribution in [3.63, 3.8) is 0 Å². The van der Waals surface area contributed by atoms with Crippen LogP contribution < -0.4 is 4.74 Å². The molecule has 0 aromatic heterocycles. The van der Waals surface area contributed by atoms with E-state index < -0.39 is 4.92 Å². The number of rotatable bonds is 6. The third kappa shape index (κ3) is 3.52. The van der Waals surface area contributed by atoms with Crippen molar-refractivity contribution < 1.29 is 14.5 Å². The molecule has 0 bridgehead atoms. The van der Waals surface area contributed by atoms with Crippen LogP contribution in [0, 0.1) is 10.1 Å². The molecule has 0 N–H and O–H groups in total. The lowest BCUT2D eigenvalue weighted by Gasteiger charge is -2.08. The van der Waals surface area contributed by atoms with Crippen molar-refractivity contribution in [2.75, 3.05) is 11.9 Å². The molecule has 0 amide bonds. The summed E-state index contributed by atoms with van der Waals surface area (Å²) in [6.45, 7) is 2.12.